The second kappa shape index (κ2) is 6.88. The molecule has 0 saturated carbocycles. The zero-order chi connectivity index (χ0) is 13.1. The fraction of sp³-hybridized carbons (Fsp3) is 0.400. The van der Waals surface area contributed by atoms with Gasteiger partial charge in [-0.2, -0.15) is 5.10 Å². The third kappa shape index (κ3) is 3.39. The van der Waals surface area contributed by atoms with E-state index in [1.165, 1.54) is 18.5 Å². The van der Waals surface area contributed by atoms with Crippen LogP contribution in [0.1, 0.15) is 12.0 Å². The Bertz CT molecular complexity index is 509. The minimum atomic E-state index is 0. The number of benzene rings is 1. The molecule has 0 amide bonds. The summed E-state index contributed by atoms with van der Waals surface area (Å²) in [5.74, 6) is 0.684. The van der Waals surface area contributed by atoms with Crippen molar-refractivity contribution in [2.24, 2.45) is 11.7 Å². The van der Waals surface area contributed by atoms with Gasteiger partial charge >= 0.3 is 0 Å². The van der Waals surface area contributed by atoms with Crippen LogP contribution in [-0.2, 0) is 6.54 Å². The molecule has 108 valence electrons. The Morgan fingerprint density at radius 1 is 1.25 bits per heavy atom. The van der Waals surface area contributed by atoms with Gasteiger partial charge in [0, 0.05) is 25.5 Å². The molecule has 1 aromatic heterocycles. The van der Waals surface area contributed by atoms with Crippen LogP contribution in [-0.4, -0.2) is 34.3 Å². The zero-order valence-corrected chi connectivity index (χ0v) is 12.3. The summed E-state index contributed by atoms with van der Waals surface area (Å²) in [4.78, 5) is 2.49. The lowest BCUT2D eigenvalue weighted by Crippen LogP contribution is -2.22. The van der Waals surface area contributed by atoms with E-state index in [0.29, 0.717) is 5.92 Å². The van der Waals surface area contributed by atoms with Crippen LogP contribution >= 0.6 is 12.4 Å². The Morgan fingerprint density at radius 3 is 2.65 bits per heavy atom. The summed E-state index contributed by atoms with van der Waals surface area (Å²) in [6.07, 6.45) is 4.99. The number of hydrogen-bond donors (Lipinski definition) is 1. The first-order valence-corrected chi connectivity index (χ1v) is 6.86. The van der Waals surface area contributed by atoms with Gasteiger partial charge in [-0.05, 0) is 49.2 Å². The molecule has 1 aliphatic rings. The molecule has 0 spiro atoms. The number of nitrogens with zero attached hydrogens (tertiary/aromatic N) is 3. The molecule has 3 rings (SSSR count). The summed E-state index contributed by atoms with van der Waals surface area (Å²) in [6.45, 7) is 4.14. The third-order valence-electron chi connectivity index (χ3n) is 3.81. The SMILES string of the molecule is Cl.NCC1CCN(Cc2ccc(-n3cccn3)cc2)C1. The smallest absolute Gasteiger partial charge is 0.0645 e. The number of rotatable bonds is 4. The molecular weight excluding hydrogens is 272 g/mol. The molecule has 2 aromatic rings. The summed E-state index contributed by atoms with van der Waals surface area (Å²) < 4.78 is 1.88. The van der Waals surface area contributed by atoms with Crippen molar-refractivity contribution in [2.75, 3.05) is 19.6 Å². The monoisotopic (exact) mass is 292 g/mol. The van der Waals surface area contributed by atoms with Crippen molar-refractivity contribution in [2.45, 2.75) is 13.0 Å². The van der Waals surface area contributed by atoms with Gasteiger partial charge < -0.3 is 5.73 Å². The van der Waals surface area contributed by atoms with Crippen molar-refractivity contribution >= 4 is 12.4 Å². The molecule has 1 fully saturated rings. The van der Waals surface area contributed by atoms with Crippen molar-refractivity contribution in [1.82, 2.24) is 14.7 Å². The molecule has 1 aromatic carbocycles. The maximum absolute atomic E-state index is 5.73. The van der Waals surface area contributed by atoms with E-state index in [0.717, 1.165) is 25.3 Å². The molecule has 0 bridgehead atoms. The first-order valence-electron chi connectivity index (χ1n) is 6.86. The molecule has 2 N–H and O–H groups in total. The number of aromatic nitrogens is 2. The average Bonchev–Trinajstić information content (AvgIpc) is 3.10. The molecule has 1 atom stereocenters. The summed E-state index contributed by atoms with van der Waals surface area (Å²) in [5, 5.41) is 4.23. The normalized spacial score (nSPS) is 18.9. The van der Waals surface area contributed by atoms with Gasteiger partial charge in [-0.3, -0.25) is 4.90 Å². The second-order valence-corrected chi connectivity index (χ2v) is 5.24. The molecular formula is C15H21ClN4. The molecule has 2 heterocycles. The van der Waals surface area contributed by atoms with Crippen LogP contribution in [0, 0.1) is 5.92 Å². The summed E-state index contributed by atoms with van der Waals surface area (Å²) in [5.41, 5.74) is 8.19. The second-order valence-electron chi connectivity index (χ2n) is 5.24. The Morgan fingerprint density at radius 2 is 2.05 bits per heavy atom. The van der Waals surface area contributed by atoms with Crippen LogP contribution in [0.5, 0.6) is 0 Å². The zero-order valence-electron chi connectivity index (χ0n) is 11.5. The highest BCUT2D eigenvalue weighted by Crippen LogP contribution is 2.18. The predicted octanol–water partition coefficient (Wildman–Crippen LogP) is 2.07. The Balaban J connectivity index is 0.00000147. The van der Waals surface area contributed by atoms with Gasteiger partial charge in [-0.15, -0.1) is 12.4 Å². The fourth-order valence-corrected chi connectivity index (χ4v) is 2.68. The van der Waals surface area contributed by atoms with Crippen LogP contribution in [0.15, 0.2) is 42.7 Å². The Hall–Kier alpha value is -1.36. The number of likely N-dealkylation sites (tertiary alicyclic amines) is 1. The maximum atomic E-state index is 5.73. The molecule has 1 saturated heterocycles. The molecule has 0 radical (unpaired) electrons. The van der Waals surface area contributed by atoms with Crippen LogP contribution in [0.3, 0.4) is 0 Å². The number of hydrogen-bond acceptors (Lipinski definition) is 3. The summed E-state index contributed by atoms with van der Waals surface area (Å²) in [7, 11) is 0. The van der Waals surface area contributed by atoms with Gasteiger partial charge in [-0.1, -0.05) is 12.1 Å². The van der Waals surface area contributed by atoms with E-state index in [4.69, 9.17) is 5.73 Å². The minimum absolute atomic E-state index is 0. The molecule has 20 heavy (non-hydrogen) atoms. The highest BCUT2D eigenvalue weighted by atomic mass is 35.5. The molecule has 1 aliphatic heterocycles. The molecule has 0 aliphatic carbocycles. The van der Waals surface area contributed by atoms with Gasteiger partial charge in [0.05, 0.1) is 5.69 Å². The highest BCUT2D eigenvalue weighted by Gasteiger charge is 2.20. The lowest BCUT2D eigenvalue weighted by atomic mass is 10.1. The van der Waals surface area contributed by atoms with Gasteiger partial charge in [0.2, 0.25) is 0 Å². The molecule has 4 nitrogen and oxygen atoms in total. The summed E-state index contributed by atoms with van der Waals surface area (Å²) >= 11 is 0. The lowest BCUT2D eigenvalue weighted by Gasteiger charge is -2.15. The van der Waals surface area contributed by atoms with Gasteiger partial charge in [-0.25, -0.2) is 4.68 Å². The Labute approximate surface area is 126 Å². The van der Waals surface area contributed by atoms with Crippen molar-refractivity contribution in [3.05, 3.63) is 48.3 Å². The van der Waals surface area contributed by atoms with Crippen molar-refractivity contribution in [3.63, 3.8) is 0 Å². The molecule has 5 heteroatoms. The van der Waals surface area contributed by atoms with E-state index in [-0.39, 0.29) is 12.4 Å². The van der Waals surface area contributed by atoms with Gasteiger partial charge in [0.25, 0.3) is 0 Å². The van der Waals surface area contributed by atoms with Crippen molar-refractivity contribution in [3.8, 4) is 5.69 Å². The summed E-state index contributed by atoms with van der Waals surface area (Å²) in [6, 6.07) is 10.6. The standard InChI is InChI=1S/C15H20N4.ClH/c16-10-14-6-9-18(12-14)11-13-2-4-15(5-3-13)19-8-1-7-17-19;/h1-5,7-8,14H,6,9-12,16H2;1H. The fourth-order valence-electron chi connectivity index (χ4n) is 2.68. The minimum Gasteiger partial charge on any atom is -0.330 e. The topological polar surface area (TPSA) is 47.1 Å². The number of halogens is 1. The van der Waals surface area contributed by atoms with Crippen molar-refractivity contribution in [1.29, 1.82) is 0 Å². The van der Waals surface area contributed by atoms with E-state index >= 15 is 0 Å². The van der Waals surface area contributed by atoms with Crippen LogP contribution < -0.4 is 5.73 Å². The van der Waals surface area contributed by atoms with E-state index in [2.05, 4.69) is 34.3 Å². The maximum Gasteiger partial charge on any atom is 0.0645 e. The lowest BCUT2D eigenvalue weighted by molar-refractivity contribution is 0.318. The predicted molar refractivity (Wildman–Crippen MR) is 83.3 cm³/mol. The van der Waals surface area contributed by atoms with E-state index in [1.807, 2.05) is 16.9 Å². The number of nitrogens with two attached hydrogens (primary N) is 1. The van der Waals surface area contributed by atoms with Gasteiger partial charge in [0.1, 0.15) is 0 Å². The van der Waals surface area contributed by atoms with E-state index in [1.54, 1.807) is 6.20 Å². The Kier molecular flexibility index (Phi) is 5.17. The molecule has 1 unspecified atom stereocenters. The first kappa shape index (κ1) is 15.0. The van der Waals surface area contributed by atoms with E-state index in [9.17, 15) is 0 Å². The largest absolute Gasteiger partial charge is 0.330 e. The van der Waals surface area contributed by atoms with Crippen LogP contribution in [0.4, 0.5) is 0 Å². The van der Waals surface area contributed by atoms with Crippen LogP contribution in [0.25, 0.3) is 5.69 Å². The van der Waals surface area contributed by atoms with E-state index < -0.39 is 0 Å². The average molecular weight is 293 g/mol. The van der Waals surface area contributed by atoms with Crippen molar-refractivity contribution < 1.29 is 0 Å². The first-order chi connectivity index (χ1) is 9.35. The van der Waals surface area contributed by atoms with Crippen LogP contribution in [0.2, 0.25) is 0 Å². The highest BCUT2D eigenvalue weighted by molar-refractivity contribution is 5.85. The third-order valence-corrected chi connectivity index (χ3v) is 3.81. The van der Waals surface area contributed by atoms with Gasteiger partial charge in [0.15, 0.2) is 0 Å². The quantitative estimate of drug-likeness (QED) is 0.938.